The van der Waals surface area contributed by atoms with Crippen molar-refractivity contribution in [2.24, 2.45) is 11.8 Å². The van der Waals surface area contributed by atoms with Gasteiger partial charge in [0.25, 0.3) is 0 Å². The second-order valence-electron chi connectivity index (χ2n) is 4.66. The van der Waals surface area contributed by atoms with Crippen LogP contribution in [-0.2, 0) is 9.53 Å². The molecule has 0 fully saturated rings. The molecule has 94 valence electrons. The molecule has 0 N–H and O–H groups in total. The number of hydrogen-bond acceptors (Lipinski definition) is 3. The van der Waals surface area contributed by atoms with E-state index < -0.39 is 0 Å². The van der Waals surface area contributed by atoms with Gasteiger partial charge in [0.05, 0.1) is 6.61 Å². The average Bonchev–Trinajstić information content (AvgIpc) is 2.24. The molecule has 0 rings (SSSR count). The fraction of sp³-hybridized carbons (Fsp3) is 0.846. The Hall–Kier alpha value is -0.400. The predicted octanol–water partition coefficient (Wildman–Crippen LogP) is 3.89. The van der Waals surface area contributed by atoms with Crippen molar-refractivity contribution in [1.29, 1.82) is 0 Å². The molecule has 0 amide bonds. The van der Waals surface area contributed by atoms with E-state index in [0.717, 1.165) is 12.3 Å². The van der Waals surface area contributed by atoms with Crippen LogP contribution in [0.3, 0.4) is 0 Å². The molecule has 0 aliphatic heterocycles. The second kappa shape index (κ2) is 9.80. The molecule has 0 heterocycles. The van der Waals surface area contributed by atoms with Crippen molar-refractivity contribution in [1.82, 2.24) is 0 Å². The lowest BCUT2D eigenvalue weighted by Crippen LogP contribution is -2.02. The molecule has 2 nitrogen and oxygen atoms in total. The zero-order valence-electron chi connectivity index (χ0n) is 10.9. The van der Waals surface area contributed by atoms with Gasteiger partial charge in [0, 0.05) is 0 Å². The molecule has 0 spiro atoms. The lowest BCUT2D eigenvalue weighted by atomic mass is 9.98. The Balaban J connectivity index is 3.50. The number of carbonyl (C=O) groups excluding carboxylic acids is 1. The largest absolute Gasteiger partial charge is 0.479 e. The van der Waals surface area contributed by atoms with E-state index in [2.05, 4.69) is 20.8 Å². The first kappa shape index (κ1) is 15.6. The van der Waals surface area contributed by atoms with Gasteiger partial charge in [-0.2, -0.15) is 0 Å². The van der Waals surface area contributed by atoms with Crippen molar-refractivity contribution >= 4 is 17.7 Å². The summed E-state index contributed by atoms with van der Waals surface area (Å²) in [6, 6.07) is 0. The van der Waals surface area contributed by atoms with Gasteiger partial charge in [0.2, 0.25) is 5.09 Å². The SMILES string of the molecule is CSC(=C=O)OCCC(C)CCCC(C)C. The first-order valence-corrected chi connectivity index (χ1v) is 7.24. The van der Waals surface area contributed by atoms with Crippen LogP contribution in [0.25, 0.3) is 0 Å². The van der Waals surface area contributed by atoms with Crippen LogP contribution < -0.4 is 0 Å². The van der Waals surface area contributed by atoms with E-state index >= 15 is 0 Å². The monoisotopic (exact) mass is 244 g/mol. The van der Waals surface area contributed by atoms with Gasteiger partial charge in [-0.1, -0.05) is 51.8 Å². The number of hydrogen-bond donors (Lipinski definition) is 0. The topological polar surface area (TPSA) is 26.3 Å². The van der Waals surface area contributed by atoms with Crippen molar-refractivity contribution in [2.45, 2.75) is 46.5 Å². The van der Waals surface area contributed by atoms with E-state index in [1.807, 2.05) is 6.26 Å². The minimum absolute atomic E-state index is 0.370. The lowest BCUT2D eigenvalue weighted by Gasteiger charge is -2.12. The molecule has 0 aromatic heterocycles. The molecule has 3 heteroatoms. The van der Waals surface area contributed by atoms with Crippen LogP contribution in [0.1, 0.15) is 46.5 Å². The Morgan fingerprint density at radius 2 is 1.94 bits per heavy atom. The van der Waals surface area contributed by atoms with Crippen LogP contribution in [0.4, 0.5) is 0 Å². The highest BCUT2D eigenvalue weighted by molar-refractivity contribution is 8.02. The van der Waals surface area contributed by atoms with Crippen LogP contribution in [0.5, 0.6) is 0 Å². The molecular weight excluding hydrogens is 220 g/mol. The van der Waals surface area contributed by atoms with Crippen LogP contribution in [-0.4, -0.2) is 18.8 Å². The Morgan fingerprint density at radius 3 is 2.44 bits per heavy atom. The summed E-state index contributed by atoms with van der Waals surface area (Å²) in [6.45, 7) is 7.39. The van der Waals surface area contributed by atoms with Gasteiger partial charge in [0.1, 0.15) is 0 Å². The predicted molar refractivity (Wildman–Crippen MR) is 71.1 cm³/mol. The zero-order chi connectivity index (χ0) is 12.4. The van der Waals surface area contributed by atoms with Gasteiger partial charge in [-0.05, 0) is 24.5 Å². The quantitative estimate of drug-likeness (QED) is 0.454. The third-order valence-electron chi connectivity index (χ3n) is 2.59. The third-order valence-corrected chi connectivity index (χ3v) is 3.16. The maximum Gasteiger partial charge on any atom is 0.239 e. The van der Waals surface area contributed by atoms with Crippen LogP contribution in [0.2, 0.25) is 0 Å². The fourth-order valence-corrected chi connectivity index (χ4v) is 1.79. The maximum absolute atomic E-state index is 10.4. The smallest absolute Gasteiger partial charge is 0.239 e. The highest BCUT2D eigenvalue weighted by Crippen LogP contribution is 2.16. The fourth-order valence-electron chi connectivity index (χ4n) is 1.50. The van der Waals surface area contributed by atoms with Crippen LogP contribution >= 0.6 is 11.8 Å². The summed E-state index contributed by atoms with van der Waals surface area (Å²) >= 11 is 1.31. The van der Waals surface area contributed by atoms with Gasteiger partial charge in [-0.25, -0.2) is 4.79 Å². The molecule has 0 aromatic rings. The van der Waals surface area contributed by atoms with Gasteiger partial charge in [-0.15, -0.1) is 0 Å². The first-order chi connectivity index (χ1) is 7.60. The molecule has 0 aliphatic carbocycles. The van der Waals surface area contributed by atoms with Crippen molar-refractivity contribution in [3.63, 3.8) is 0 Å². The van der Waals surface area contributed by atoms with Crippen molar-refractivity contribution < 1.29 is 9.53 Å². The summed E-state index contributed by atoms with van der Waals surface area (Å²) in [5, 5.41) is 0.370. The van der Waals surface area contributed by atoms with Gasteiger partial charge in [0.15, 0.2) is 5.94 Å². The minimum atomic E-state index is 0.370. The van der Waals surface area contributed by atoms with Gasteiger partial charge in [-0.3, -0.25) is 0 Å². The highest BCUT2D eigenvalue weighted by Gasteiger charge is 2.04. The Morgan fingerprint density at radius 1 is 1.25 bits per heavy atom. The Bertz CT molecular complexity index is 220. The number of ether oxygens (including phenoxy) is 1. The van der Waals surface area contributed by atoms with Crippen molar-refractivity contribution in [2.75, 3.05) is 12.9 Å². The standard InChI is InChI=1S/C13H24O2S/c1-11(2)6-5-7-12(3)8-9-15-13(10-14)16-4/h11-12H,5-9H2,1-4H3. The van der Waals surface area contributed by atoms with Crippen molar-refractivity contribution in [3.8, 4) is 0 Å². The zero-order valence-corrected chi connectivity index (χ0v) is 11.7. The number of rotatable bonds is 9. The summed E-state index contributed by atoms with van der Waals surface area (Å²) in [7, 11) is 0. The Kier molecular flexibility index (Phi) is 9.55. The summed E-state index contributed by atoms with van der Waals surface area (Å²) in [6.07, 6.45) is 6.68. The summed E-state index contributed by atoms with van der Waals surface area (Å²) in [4.78, 5) is 10.4. The van der Waals surface area contributed by atoms with Crippen molar-refractivity contribution in [3.05, 3.63) is 5.09 Å². The van der Waals surface area contributed by atoms with Gasteiger partial charge < -0.3 is 4.74 Å². The van der Waals surface area contributed by atoms with E-state index in [9.17, 15) is 4.79 Å². The number of thioether (sulfide) groups is 1. The molecule has 0 bridgehead atoms. The molecule has 0 radical (unpaired) electrons. The molecule has 1 unspecified atom stereocenters. The molecule has 0 saturated carbocycles. The van der Waals surface area contributed by atoms with E-state index in [0.29, 0.717) is 17.6 Å². The maximum atomic E-state index is 10.4. The van der Waals surface area contributed by atoms with Crippen LogP contribution in [0, 0.1) is 11.8 Å². The summed E-state index contributed by atoms with van der Waals surface area (Å²) < 4.78 is 5.29. The molecule has 0 saturated heterocycles. The van der Waals surface area contributed by atoms with E-state index in [4.69, 9.17) is 4.74 Å². The first-order valence-electron chi connectivity index (χ1n) is 6.02. The molecule has 0 aliphatic rings. The highest BCUT2D eigenvalue weighted by atomic mass is 32.2. The molecule has 1 atom stereocenters. The molecule has 16 heavy (non-hydrogen) atoms. The third kappa shape index (κ3) is 8.87. The van der Waals surface area contributed by atoms with Gasteiger partial charge >= 0.3 is 0 Å². The normalized spacial score (nSPS) is 12.3. The molecular formula is C13H24O2S. The molecule has 0 aromatic carbocycles. The van der Waals surface area contributed by atoms with E-state index in [-0.39, 0.29) is 0 Å². The Labute approximate surface area is 104 Å². The van der Waals surface area contributed by atoms with E-state index in [1.54, 1.807) is 5.94 Å². The van der Waals surface area contributed by atoms with Crippen LogP contribution in [0.15, 0.2) is 5.09 Å². The second-order valence-corrected chi connectivity index (χ2v) is 5.44. The summed E-state index contributed by atoms with van der Waals surface area (Å²) in [5.74, 6) is 3.26. The minimum Gasteiger partial charge on any atom is -0.479 e. The lowest BCUT2D eigenvalue weighted by molar-refractivity contribution is 0.214. The average molecular weight is 244 g/mol. The summed E-state index contributed by atoms with van der Waals surface area (Å²) in [5.41, 5.74) is 0. The van der Waals surface area contributed by atoms with E-state index in [1.165, 1.54) is 31.0 Å².